The van der Waals surface area contributed by atoms with Gasteiger partial charge in [-0.15, -0.1) is 0 Å². The van der Waals surface area contributed by atoms with E-state index < -0.39 is 6.04 Å². The number of urea groups is 1. The van der Waals surface area contributed by atoms with Crippen LogP contribution >= 0.6 is 0 Å². The van der Waals surface area contributed by atoms with Crippen LogP contribution in [0.15, 0.2) is 48.8 Å². The summed E-state index contributed by atoms with van der Waals surface area (Å²) in [4.78, 5) is 40.4. The molecule has 2 aliphatic heterocycles. The van der Waals surface area contributed by atoms with Gasteiger partial charge in [-0.2, -0.15) is 5.06 Å². The van der Waals surface area contributed by atoms with E-state index in [0.29, 0.717) is 31.8 Å². The van der Waals surface area contributed by atoms with Crippen LogP contribution in [0.1, 0.15) is 24.2 Å². The Morgan fingerprint density at radius 2 is 1.93 bits per heavy atom. The lowest BCUT2D eigenvalue weighted by molar-refractivity contribution is -0.140. The predicted octanol–water partition coefficient (Wildman–Crippen LogP) is 1.51. The molecule has 2 N–H and O–H groups in total. The molecule has 9 nitrogen and oxygen atoms in total. The molecule has 0 radical (unpaired) electrons. The summed E-state index contributed by atoms with van der Waals surface area (Å²) in [7, 11) is 0. The highest BCUT2D eigenvalue weighted by Gasteiger charge is 2.47. The number of amides is 3. The Bertz CT molecular complexity index is 892. The maximum Gasteiger partial charge on any atom is 0.344 e. The number of hydrogen-bond acceptors (Lipinski definition) is 6. The lowest BCUT2D eigenvalue weighted by Gasteiger charge is -2.30. The van der Waals surface area contributed by atoms with E-state index in [1.807, 2.05) is 30.3 Å². The van der Waals surface area contributed by atoms with Crippen LogP contribution in [0, 0.1) is 5.41 Å². The molecule has 0 saturated carbocycles. The van der Waals surface area contributed by atoms with Crippen molar-refractivity contribution in [3.63, 3.8) is 0 Å². The van der Waals surface area contributed by atoms with Crippen molar-refractivity contribution in [2.45, 2.75) is 38.0 Å². The molecule has 9 heteroatoms. The van der Waals surface area contributed by atoms with E-state index in [9.17, 15) is 9.59 Å². The summed E-state index contributed by atoms with van der Waals surface area (Å²) in [6.45, 7) is 0.797. The van der Waals surface area contributed by atoms with Gasteiger partial charge in [0.2, 0.25) is 5.91 Å². The van der Waals surface area contributed by atoms with Crippen LogP contribution in [0.3, 0.4) is 0 Å². The van der Waals surface area contributed by atoms with Crippen LogP contribution in [-0.2, 0) is 22.7 Å². The molecule has 150 valence electrons. The zero-order valence-electron chi connectivity index (χ0n) is 15.8. The van der Waals surface area contributed by atoms with Crippen molar-refractivity contribution in [1.29, 1.82) is 5.41 Å². The van der Waals surface area contributed by atoms with Gasteiger partial charge in [0.1, 0.15) is 18.3 Å². The maximum absolute atomic E-state index is 12.8. The van der Waals surface area contributed by atoms with Gasteiger partial charge in [0, 0.05) is 18.9 Å². The molecule has 2 bridgehead atoms. The summed E-state index contributed by atoms with van der Waals surface area (Å²) in [5, 5.41) is 12.3. The predicted molar refractivity (Wildman–Crippen MR) is 104 cm³/mol. The number of carbonyl (C=O) groups excluding carboxylic acids is 2. The van der Waals surface area contributed by atoms with E-state index in [-0.39, 0.29) is 30.2 Å². The summed E-state index contributed by atoms with van der Waals surface area (Å²) in [6, 6.07) is 10.6. The largest absolute Gasteiger partial charge is 0.344 e. The molecule has 0 spiro atoms. The second kappa shape index (κ2) is 8.36. The second-order valence-electron chi connectivity index (χ2n) is 7.07. The zero-order chi connectivity index (χ0) is 20.2. The first-order valence-corrected chi connectivity index (χ1v) is 9.52. The smallest absolute Gasteiger partial charge is 0.313 e. The molecule has 4 rings (SSSR count). The highest BCUT2D eigenvalue weighted by molar-refractivity contribution is 6.01. The number of nitrogens with zero attached hydrogens (tertiary/aromatic N) is 4. The van der Waals surface area contributed by atoms with Gasteiger partial charge in [-0.05, 0) is 24.5 Å². The van der Waals surface area contributed by atoms with Crippen molar-refractivity contribution < 1.29 is 14.4 Å². The zero-order valence-corrected chi connectivity index (χ0v) is 15.8. The lowest BCUT2D eigenvalue weighted by Crippen LogP contribution is -2.51. The molecular formula is C20H22N6O3. The first-order valence-electron chi connectivity index (χ1n) is 9.52. The molecular weight excluding hydrogens is 372 g/mol. The third-order valence-corrected chi connectivity index (χ3v) is 5.08. The van der Waals surface area contributed by atoms with E-state index in [4.69, 9.17) is 10.2 Å². The number of hydroxylamine groups is 2. The number of piperidine rings is 1. The van der Waals surface area contributed by atoms with Gasteiger partial charge in [-0.3, -0.25) is 15.0 Å². The van der Waals surface area contributed by atoms with Gasteiger partial charge in [0.25, 0.3) is 0 Å². The van der Waals surface area contributed by atoms with Crippen LogP contribution in [0.4, 0.5) is 4.79 Å². The lowest BCUT2D eigenvalue weighted by atomic mass is 10.00. The average molecular weight is 394 g/mol. The molecule has 2 saturated heterocycles. The molecule has 1 aromatic heterocycles. The van der Waals surface area contributed by atoms with Crippen LogP contribution in [0.25, 0.3) is 0 Å². The summed E-state index contributed by atoms with van der Waals surface area (Å²) >= 11 is 0. The molecule has 0 unspecified atom stereocenters. The Morgan fingerprint density at radius 1 is 1.17 bits per heavy atom. The monoisotopic (exact) mass is 394 g/mol. The van der Waals surface area contributed by atoms with E-state index in [1.165, 1.54) is 5.06 Å². The quantitative estimate of drug-likeness (QED) is 0.570. The van der Waals surface area contributed by atoms with Crippen molar-refractivity contribution in [2.75, 3.05) is 6.54 Å². The van der Waals surface area contributed by atoms with Gasteiger partial charge in [-0.1, -0.05) is 30.3 Å². The molecule has 1 aromatic carbocycles. The van der Waals surface area contributed by atoms with Crippen molar-refractivity contribution in [3.8, 4) is 0 Å². The fraction of sp³-hybridized carbons (Fsp3) is 0.350. The van der Waals surface area contributed by atoms with E-state index in [2.05, 4.69) is 15.3 Å². The first kappa shape index (κ1) is 19.0. The molecule has 0 aliphatic carbocycles. The Labute approximate surface area is 168 Å². The Kier molecular flexibility index (Phi) is 5.48. The van der Waals surface area contributed by atoms with Crippen LogP contribution < -0.4 is 5.32 Å². The van der Waals surface area contributed by atoms with Crippen LogP contribution in [0.5, 0.6) is 0 Å². The summed E-state index contributed by atoms with van der Waals surface area (Å²) in [6.07, 6.45) is 4.42. The highest BCUT2D eigenvalue weighted by atomic mass is 16.7. The van der Waals surface area contributed by atoms with E-state index >= 15 is 0 Å². The normalized spacial score (nSPS) is 20.6. The topological polar surface area (TPSA) is 112 Å². The fourth-order valence-electron chi connectivity index (χ4n) is 3.66. The third-order valence-electron chi connectivity index (χ3n) is 5.08. The van der Waals surface area contributed by atoms with Crippen molar-refractivity contribution in [1.82, 2.24) is 25.2 Å². The van der Waals surface area contributed by atoms with Crippen molar-refractivity contribution in [3.05, 3.63) is 60.2 Å². The molecule has 2 fully saturated rings. The van der Waals surface area contributed by atoms with Gasteiger partial charge >= 0.3 is 6.03 Å². The standard InChI is InChI=1S/C20H22N6O3/c21-19(24-18(27)11-17-22-9-4-10-23-17)16-8-7-15-12-25(16)20(28)26(15)29-13-14-5-2-1-3-6-14/h1-6,9-10,15-16H,7-8,11-13H2,(H2,21,24,27)/t15-,16+/m1/s1. The van der Waals surface area contributed by atoms with Gasteiger partial charge in [0.05, 0.1) is 18.5 Å². The summed E-state index contributed by atoms with van der Waals surface area (Å²) in [5.74, 6) is 0.0361. The number of nitrogens with one attached hydrogen (secondary N) is 2. The molecule has 2 atom stereocenters. The van der Waals surface area contributed by atoms with Gasteiger partial charge < -0.3 is 10.2 Å². The number of hydrogen-bond donors (Lipinski definition) is 2. The molecule has 3 amide bonds. The molecule has 2 aliphatic rings. The molecule has 29 heavy (non-hydrogen) atoms. The Morgan fingerprint density at radius 3 is 2.69 bits per heavy atom. The minimum atomic E-state index is -0.468. The SMILES string of the molecule is N=C(NC(=O)Cc1ncccn1)[C@@H]1CC[C@@H]2CN1C(=O)N2OCc1ccccc1. The second-order valence-corrected chi connectivity index (χ2v) is 7.07. The molecule has 3 heterocycles. The highest BCUT2D eigenvalue weighted by Crippen LogP contribution is 2.30. The first-order chi connectivity index (χ1) is 14.1. The summed E-state index contributed by atoms with van der Waals surface area (Å²) < 4.78 is 0. The van der Waals surface area contributed by atoms with Crippen LogP contribution in [0.2, 0.25) is 0 Å². The molecule has 2 aromatic rings. The maximum atomic E-state index is 12.8. The minimum Gasteiger partial charge on any atom is -0.313 e. The minimum absolute atomic E-state index is 0.0151. The number of fused-ring (bicyclic) bond motifs is 2. The van der Waals surface area contributed by atoms with Crippen molar-refractivity contribution >= 4 is 17.8 Å². The van der Waals surface area contributed by atoms with E-state index in [0.717, 1.165) is 5.56 Å². The third kappa shape index (κ3) is 4.24. The van der Waals surface area contributed by atoms with E-state index in [1.54, 1.807) is 23.4 Å². The Hall–Kier alpha value is -3.33. The van der Waals surface area contributed by atoms with Gasteiger partial charge in [-0.25, -0.2) is 14.8 Å². The summed E-state index contributed by atoms with van der Waals surface area (Å²) in [5.41, 5.74) is 0.983. The Balaban J connectivity index is 1.34. The number of carbonyl (C=O) groups is 2. The van der Waals surface area contributed by atoms with Gasteiger partial charge in [0.15, 0.2) is 0 Å². The van der Waals surface area contributed by atoms with Crippen molar-refractivity contribution in [2.24, 2.45) is 0 Å². The number of amidine groups is 1. The number of aromatic nitrogens is 2. The van der Waals surface area contributed by atoms with Crippen LogP contribution in [-0.4, -0.2) is 56.3 Å². The number of rotatable bonds is 6. The number of benzene rings is 1. The average Bonchev–Trinajstić information content (AvgIpc) is 2.97. The fourth-order valence-corrected chi connectivity index (χ4v) is 3.66.